The lowest BCUT2D eigenvalue weighted by Gasteiger charge is -2.16. The van der Waals surface area contributed by atoms with Gasteiger partial charge in [-0.25, -0.2) is 8.42 Å². The average Bonchev–Trinajstić information content (AvgIpc) is 2.38. The quantitative estimate of drug-likeness (QED) is 0.858. The van der Waals surface area contributed by atoms with E-state index in [2.05, 4.69) is 13.8 Å². The maximum atomic E-state index is 12.1. The van der Waals surface area contributed by atoms with Gasteiger partial charge >= 0.3 is 0 Å². The summed E-state index contributed by atoms with van der Waals surface area (Å²) in [5.41, 5.74) is 1.14. The number of benzene rings is 1. The van der Waals surface area contributed by atoms with Gasteiger partial charge in [-0.3, -0.25) is 0 Å². The van der Waals surface area contributed by atoms with Crippen LogP contribution in [0.4, 0.5) is 0 Å². The summed E-state index contributed by atoms with van der Waals surface area (Å²) in [6.45, 7) is 4.14. The van der Waals surface area contributed by atoms with Crippen LogP contribution in [-0.2, 0) is 10.0 Å². The first-order valence-electron chi connectivity index (χ1n) is 6.10. The topological polar surface area (TPSA) is 57.6 Å². The molecule has 1 aromatic rings. The first-order valence-corrected chi connectivity index (χ1v) is 7.54. The molecule has 0 radical (unpaired) electrons. The molecule has 4 nitrogen and oxygen atoms in total. The van der Waals surface area contributed by atoms with E-state index in [1.165, 1.54) is 7.05 Å². The van der Waals surface area contributed by atoms with Gasteiger partial charge in [0.2, 0.25) is 10.0 Å². The van der Waals surface area contributed by atoms with E-state index in [-0.39, 0.29) is 18.0 Å². The first kappa shape index (κ1) is 15.1. The van der Waals surface area contributed by atoms with Crippen molar-refractivity contribution < 1.29 is 13.5 Å². The maximum absolute atomic E-state index is 12.1. The van der Waals surface area contributed by atoms with Crippen molar-refractivity contribution in [2.24, 2.45) is 0 Å². The molecule has 0 bridgehead atoms. The van der Waals surface area contributed by atoms with Gasteiger partial charge in [0.1, 0.15) is 0 Å². The molecule has 0 aromatic heterocycles. The summed E-state index contributed by atoms with van der Waals surface area (Å²) in [4.78, 5) is 0.269. The lowest BCUT2D eigenvalue weighted by Crippen LogP contribution is -2.29. The molecule has 0 fully saturated rings. The zero-order valence-corrected chi connectivity index (χ0v) is 11.9. The maximum Gasteiger partial charge on any atom is 0.242 e. The molecule has 18 heavy (non-hydrogen) atoms. The lowest BCUT2D eigenvalue weighted by molar-refractivity contribution is 0.266. The summed E-state index contributed by atoms with van der Waals surface area (Å²) < 4.78 is 25.3. The Kier molecular flexibility index (Phi) is 5.31. The molecule has 1 N–H and O–H groups in total. The molecule has 0 amide bonds. The van der Waals surface area contributed by atoms with E-state index < -0.39 is 10.0 Å². The largest absolute Gasteiger partial charge is 0.395 e. The van der Waals surface area contributed by atoms with Gasteiger partial charge in [0.15, 0.2) is 0 Å². The third-order valence-electron chi connectivity index (χ3n) is 3.18. The smallest absolute Gasteiger partial charge is 0.242 e. The van der Waals surface area contributed by atoms with Crippen LogP contribution in [0, 0.1) is 0 Å². The van der Waals surface area contributed by atoms with Gasteiger partial charge in [-0.2, -0.15) is 4.31 Å². The van der Waals surface area contributed by atoms with Crippen molar-refractivity contribution >= 4 is 10.0 Å². The number of hydrogen-bond donors (Lipinski definition) is 1. The third-order valence-corrected chi connectivity index (χ3v) is 5.06. The zero-order valence-electron chi connectivity index (χ0n) is 11.1. The Morgan fingerprint density at radius 3 is 2.28 bits per heavy atom. The van der Waals surface area contributed by atoms with E-state index >= 15 is 0 Å². The normalized spacial score (nSPS) is 13.8. The SMILES string of the molecule is CCC(C)c1ccc(S(=O)(=O)N(C)CCO)cc1. The Labute approximate surface area is 109 Å². The van der Waals surface area contributed by atoms with E-state index in [9.17, 15) is 8.42 Å². The van der Waals surface area contributed by atoms with Crippen molar-refractivity contribution in [2.75, 3.05) is 20.2 Å². The van der Waals surface area contributed by atoms with Gasteiger partial charge in [-0.05, 0) is 30.0 Å². The van der Waals surface area contributed by atoms with E-state index in [4.69, 9.17) is 5.11 Å². The van der Waals surface area contributed by atoms with Crippen molar-refractivity contribution in [3.63, 3.8) is 0 Å². The second kappa shape index (κ2) is 6.31. The standard InChI is InChI=1S/C13H21NO3S/c1-4-11(2)12-5-7-13(8-6-12)18(16,17)14(3)9-10-15/h5-8,11,15H,4,9-10H2,1-3H3. The highest BCUT2D eigenvalue weighted by Crippen LogP contribution is 2.21. The summed E-state index contributed by atoms with van der Waals surface area (Å²) in [6, 6.07) is 6.97. The molecule has 0 heterocycles. The van der Waals surface area contributed by atoms with E-state index in [1.807, 2.05) is 12.1 Å². The van der Waals surface area contributed by atoms with E-state index in [0.29, 0.717) is 5.92 Å². The van der Waals surface area contributed by atoms with Crippen LogP contribution in [-0.4, -0.2) is 38.0 Å². The van der Waals surface area contributed by atoms with Crippen LogP contribution < -0.4 is 0 Å². The fourth-order valence-electron chi connectivity index (χ4n) is 1.64. The van der Waals surface area contributed by atoms with Gasteiger partial charge in [-0.15, -0.1) is 0 Å². The monoisotopic (exact) mass is 271 g/mol. The second-order valence-electron chi connectivity index (χ2n) is 4.43. The van der Waals surface area contributed by atoms with Crippen LogP contribution in [0.3, 0.4) is 0 Å². The predicted octanol–water partition coefficient (Wildman–Crippen LogP) is 1.81. The van der Waals surface area contributed by atoms with Gasteiger partial charge in [-0.1, -0.05) is 26.0 Å². The Morgan fingerprint density at radius 2 is 1.83 bits per heavy atom. The Bertz CT molecular complexity index is 468. The van der Waals surface area contributed by atoms with Crippen LogP contribution >= 0.6 is 0 Å². The summed E-state index contributed by atoms with van der Waals surface area (Å²) >= 11 is 0. The summed E-state index contributed by atoms with van der Waals surface area (Å²) in [5.74, 6) is 0.428. The van der Waals surface area contributed by atoms with Crippen LogP contribution in [0.5, 0.6) is 0 Å². The molecule has 0 saturated carbocycles. The Balaban J connectivity index is 2.98. The number of rotatable bonds is 6. The highest BCUT2D eigenvalue weighted by molar-refractivity contribution is 7.89. The predicted molar refractivity (Wildman–Crippen MR) is 72.0 cm³/mol. The highest BCUT2D eigenvalue weighted by Gasteiger charge is 2.20. The minimum Gasteiger partial charge on any atom is -0.395 e. The number of nitrogens with zero attached hydrogens (tertiary/aromatic N) is 1. The summed E-state index contributed by atoms with van der Waals surface area (Å²) in [5, 5.41) is 8.79. The molecular formula is C13H21NO3S. The van der Waals surface area contributed by atoms with Crippen LogP contribution in [0.2, 0.25) is 0 Å². The van der Waals surface area contributed by atoms with Gasteiger partial charge < -0.3 is 5.11 Å². The van der Waals surface area contributed by atoms with Crippen molar-refractivity contribution in [1.82, 2.24) is 4.31 Å². The summed E-state index contributed by atoms with van der Waals surface area (Å²) in [7, 11) is -2.01. The molecule has 0 aliphatic carbocycles. The summed E-state index contributed by atoms with van der Waals surface area (Å²) in [6.07, 6.45) is 1.02. The van der Waals surface area contributed by atoms with Crippen LogP contribution in [0.25, 0.3) is 0 Å². The first-order chi connectivity index (χ1) is 8.43. The minimum absolute atomic E-state index is 0.107. The number of sulfonamides is 1. The molecule has 1 aromatic carbocycles. The minimum atomic E-state index is -3.48. The van der Waals surface area contributed by atoms with E-state index in [0.717, 1.165) is 16.3 Å². The molecule has 0 spiro atoms. The Hall–Kier alpha value is -0.910. The molecule has 102 valence electrons. The van der Waals surface area contributed by atoms with Crippen molar-refractivity contribution in [3.05, 3.63) is 29.8 Å². The zero-order chi connectivity index (χ0) is 13.8. The molecular weight excluding hydrogens is 250 g/mol. The van der Waals surface area contributed by atoms with Crippen LogP contribution in [0.1, 0.15) is 31.7 Å². The molecule has 0 saturated heterocycles. The number of likely N-dealkylation sites (N-methyl/N-ethyl adjacent to an activating group) is 1. The van der Waals surface area contributed by atoms with Crippen molar-refractivity contribution in [2.45, 2.75) is 31.1 Å². The van der Waals surface area contributed by atoms with Crippen LogP contribution in [0.15, 0.2) is 29.2 Å². The Morgan fingerprint density at radius 1 is 1.28 bits per heavy atom. The molecule has 0 aliphatic rings. The number of aliphatic hydroxyl groups excluding tert-OH is 1. The highest BCUT2D eigenvalue weighted by atomic mass is 32.2. The fraction of sp³-hybridized carbons (Fsp3) is 0.538. The van der Waals surface area contributed by atoms with E-state index in [1.54, 1.807) is 12.1 Å². The third kappa shape index (κ3) is 3.31. The molecule has 0 aliphatic heterocycles. The fourth-order valence-corrected chi connectivity index (χ4v) is 2.81. The van der Waals surface area contributed by atoms with Gasteiger partial charge in [0.05, 0.1) is 11.5 Å². The molecule has 1 atom stereocenters. The second-order valence-corrected chi connectivity index (χ2v) is 6.47. The molecule has 1 unspecified atom stereocenters. The van der Waals surface area contributed by atoms with Gasteiger partial charge in [0, 0.05) is 13.6 Å². The lowest BCUT2D eigenvalue weighted by atomic mass is 9.99. The van der Waals surface area contributed by atoms with Crippen molar-refractivity contribution in [3.8, 4) is 0 Å². The van der Waals surface area contributed by atoms with Crippen molar-refractivity contribution in [1.29, 1.82) is 0 Å². The molecule has 5 heteroatoms. The number of aliphatic hydroxyl groups is 1. The van der Waals surface area contributed by atoms with Gasteiger partial charge in [0.25, 0.3) is 0 Å². The molecule has 1 rings (SSSR count). The number of hydrogen-bond acceptors (Lipinski definition) is 3. The average molecular weight is 271 g/mol.